The number of carbonyl (C=O) groups is 1. The molecule has 0 aliphatic heterocycles. The van der Waals surface area contributed by atoms with E-state index in [1.807, 2.05) is 0 Å². The lowest BCUT2D eigenvalue weighted by Crippen LogP contribution is -2.24. The minimum Gasteiger partial charge on any atom is -0.489 e. The second-order valence-corrected chi connectivity index (χ2v) is 4.79. The highest BCUT2D eigenvalue weighted by atomic mass is 19.4. The summed E-state index contributed by atoms with van der Waals surface area (Å²) in [5, 5.41) is 3.60. The summed E-state index contributed by atoms with van der Waals surface area (Å²) in [5.74, 6) is 0.493. The summed E-state index contributed by atoms with van der Waals surface area (Å²) in [5.41, 5.74) is 7.31. The Balaban J connectivity index is 1.95. The summed E-state index contributed by atoms with van der Waals surface area (Å²) in [4.78, 5) is 10.5. The number of urea groups is 1. The Morgan fingerprint density at radius 1 is 1.21 bits per heavy atom. The summed E-state index contributed by atoms with van der Waals surface area (Å²) in [6.45, 7) is 0.0145. The van der Waals surface area contributed by atoms with Gasteiger partial charge >= 0.3 is 12.2 Å². The number of carbonyl (C=O) groups excluding carboxylic acids is 1. The molecule has 0 unspecified atom stereocenters. The molecule has 0 saturated carbocycles. The van der Waals surface area contributed by atoms with Crippen molar-refractivity contribution in [2.24, 2.45) is 10.8 Å². The van der Waals surface area contributed by atoms with E-state index in [0.29, 0.717) is 16.9 Å². The van der Waals surface area contributed by atoms with Gasteiger partial charge in [-0.3, -0.25) is 0 Å². The van der Waals surface area contributed by atoms with Gasteiger partial charge in [-0.05, 0) is 47.5 Å². The minimum atomic E-state index is -4.38. The van der Waals surface area contributed by atoms with Gasteiger partial charge in [-0.15, -0.1) is 0 Å². The van der Waals surface area contributed by atoms with Crippen LogP contribution >= 0.6 is 0 Å². The predicted octanol–water partition coefficient (Wildman–Crippen LogP) is 3.29. The highest BCUT2D eigenvalue weighted by molar-refractivity contribution is 5.81. The molecule has 0 atom stereocenters. The molecule has 0 heterocycles. The molecule has 8 heteroatoms. The number of hydrogen-bond donors (Lipinski definition) is 2. The fraction of sp³-hybridized carbons (Fsp3) is 0.125. The van der Waals surface area contributed by atoms with E-state index < -0.39 is 17.8 Å². The van der Waals surface area contributed by atoms with Crippen LogP contribution in [0.3, 0.4) is 0 Å². The first-order valence-corrected chi connectivity index (χ1v) is 6.82. The van der Waals surface area contributed by atoms with E-state index in [1.165, 1.54) is 12.3 Å². The summed E-state index contributed by atoms with van der Waals surface area (Å²) in [6, 6.07) is 10.8. The third kappa shape index (κ3) is 5.31. The smallest absolute Gasteiger partial charge is 0.416 e. The maximum Gasteiger partial charge on any atom is 0.416 e. The highest BCUT2D eigenvalue weighted by Gasteiger charge is 2.30. The molecule has 5 nitrogen and oxygen atoms in total. The van der Waals surface area contributed by atoms with Crippen LogP contribution in [0.4, 0.5) is 18.0 Å². The minimum absolute atomic E-state index is 0.0145. The van der Waals surface area contributed by atoms with Gasteiger partial charge in [0.15, 0.2) is 0 Å². The lowest BCUT2D eigenvalue weighted by atomic mass is 10.1. The van der Waals surface area contributed by atoms with Crippen LogP contribution in [-0.4, -0.2) is 12.2 Å². The van der Waals surface area contributed by atoms with E-state index in [2.05, 4.69) is 10.5 Å². The molecule has 3 N–H and O–H groups in total. The van der Waals surface area contributed by atoms with Crippen molar-refractivity contribution < 1.29 is 22.7 Å². The van der Waals surface area contributed by atoms with E-state index in [-0.39, 0.29) is 6.61 Å². The third-order valence-electron chi connectivity index (χ3n) is 2.93. The normalized spacial score (nSPS) is 11.5. The van der Waals surface area contributed by atoms with Gasteiger partial charge in [-0.2, -0.15) is 18.3 Å². The molecular weight excluding hydrogens is 323 g/mol. The van der Waals surface area contributed by atoms with Crippen molar-refractivity contribution in [3.63, 3.8) is 0 Å². The number of hydrogen-bond acceptors (Lipinski definition) is 3. The zero-order valence-electron chi connectivity index (χ0n) is 12.4. The number of halogens is 3. The molecule has 2 aromatic rings. The van der Waals surface area contributed by atoms with E-state index in [1.54, 1.807) is 30.3 Å². The van der Waals surface area contributed by atoms with Crippen LogP contribution in [0.15, 0.2) is 53.6 Å². The largest absolute Gasteiger partial charge is 0.489 e. The fourth-order valence-electron chi connectivity index (χ4n) is 1.82. The van der Waals surface area contributed by atoms with E-state index in [4.69, 9.17) is 10.5 Å². The Hall–Kier alpha value is -3.03. The van der Waals surface area contributed by atoms with Gasteiger partial charge in [0.05, 0.1) is 11.8 Å². The number of ether oxygens (including phenoxy) is 1. The summed E-state index contributed by atoms with van der Waals surface area (Å²) in [7, 11) is 0. The first-order valence-electron chi connectivity index (χ1n) is 6.82. The van der Waals surface area contributed by atoms with E-state index >= 15 is 0 Å². The van der Waals surface area contributed by atoms with Crippen LogP contribution in [0, 0.1) is 0 Å². The van der Waals surface area contributed by atoms with Crippen LogP contribution in [0.2, 0.25) is 0 Å². The topological polar surface area (TPSA) is 76.7 Å². The van der Waals surface area contributed by atoms with Crippen molar-refractivity contribution in [2.75, 3.05) is 0 Å². The molecule has 0 aliphatic rings. The number of nitrogens with zero attached hydrogens (tertiary/aromatic N) is 1. The van der Waals surface area contributed by atoms with Gasteiger partial charge in [-0.25, -0.2) is 10.2 Å². The lowest BCUT2D eigenvalue weighted by Gasteiger charge is -2.10. The summed E-state index contributed by atoms with van der Waals surface area (Å²) >= 11 is 0. The zero-order valence-corrected chi connectivity index (χ0v) is 12.4. The van der Waals surface area contributed by atoms with Crippen LogP contribution in [0.5, 0.6) is 5.75 Å². The van der Waals surface area contributed by atoms with Crippen LogP contribution in [0.25, 0.3) is 0 Å². The number of nitrogens with one attached hydrogen (secondary N) is 1. The molecule has 2 amide bonds. The Morgan fingerprint density at radius 2 is 1.92 bits per heavy atom. The highest BCUT2D eigenvalue weighted by Crippen LogP contribution is 2.29. The molecule has 126 valence electrons. The van der Waals surface area contributed by atoms with Crippen LogP contribution in [-0.2, 0) is 12.8 Å². The van der Waals surface area contributed by atoms with Crippen LogP contribution in [0.1, 0.15) is 16.7 Å². The van der Waals surface area contributed by atoms with Gasteiger partial charge in [0.2, 0.25) is 0 Å². The number of nitrogens with two attached hydrogens (primary N) is 1. The molecule has 2 rings (SSSR count). The molecule has 0 spiro atoms. The molecule has 0 radical (unpaired) electrons. The molecular formula is C16H14F3N3O2. The Bertz CT molecular complexity index is 728. The van der Waals surface area contributed by atoms with Gasteiger partial charge in [0, 0.05) is 0 Å². The number of benzene rings is 2. The lowest BCUT2D eigenvalue weighted by molar-refractivity contribution is -0.137. The Labute approximate surface area is 135 Å². The molecule has 0 aliphatic carbocycles. The van der Waals surface area contributed by atoms with E-state index in [0.717, 1.165) is 12.1 Å². The second-order valence-electron chi connectivity index (χ2n) is 4.79. The van der Waals surface area contributed by atoms with Crippen molar-refractivity contribution in [2.45, 2.75) is 12.8 Å². The average molecular weight is 337 g/mol. The summed E-state index contributed by atoms with van der Waals surface area (Å²) in [6.07, 6.45) is -2.99. The van der Waals surface area contributed by atoms with Crippen molar-refractivity contribution in [3.05, 3.63) is 65.2 Å². The molecule has 24 heavy (non-hydrogen) atoms. The number of alkyl halides is 3. The first-order chi connectivity index (χ1) is 11.3. The predicted molar refractivity (Wildman–Crippen MR) is 82.5 cm³/mol. The standard InChI is InChI=1S/C16H14F3N3O2/c17-16(18,19)13-3-1-2-12(8-13)10-24-14-6-4-11(5-7-14)9-21-22-15(20)23/h1-9H,10H2,(H3,20,22,23). The SMILES string of the molecule is NC(=O)NN=Cc1ccc(OCc2cccc(C(F)(F)F)c2)cc1. The Kier molecular flexibility index (Phi) is 5.41. The van der Waals surface area contributed by atoms with Crippen molar-refractivity contribution >= 4 is 12.2 Å². The first kappa shape index (κ1) is 17.3. The molecule has 0 saturated heterocycles. The van der Waals surface area contributed by atoms with Crippen molar-refractivity contribution in [1.82, 2.24) is 5.43 Å². The molecule has 0 fully saturated rings. The maximum absolute atomic E-state index is 12.6. The second kappa shape index (κ2) is 7.49. The van der Waals surface area contributed by atoms with Gasteiger partial charge in [0.1, 0.15) is 12.4 Å². The molecule has 2 aromatic carbocycles. The number of amides is 2. The quantitative estimate of drug-likeness (QED) is 0.649. The number of primary amides is 1. The Morgan fingerprint density at radius 3 is 2.54 bits per heavy atom. The molecule has 0 aromatic heterocycles. The van der Waals surface area contributed by atoms with Gasteiger partial charge in [0.25, 0.3) is 0 Å². The zero-order chi connectivity index (χ0) is 17.6. The fourth-order valence-corrected chi connectivity index (χ4v) is 1.82. The number of rotatable bonds is 5. The van der Waals surface area contributed by atoms with Gasteiger partial charge < -0.3 is 10.5 Å². The number of hydrazone groups is 1. The monoisotopic (exact) mass is 337 g/mol. The van der Waals surface area contributed by atoms with Crippen molar-refractivity contribution in [1.29, 1.82) is 0 Å². The summed E-state index contributed by atoms with van der Waals surface area (Å²) < 4.78 is 43.4. The maximum atomic E-state index is 12.6. The van der Waals surface area contributed by atoms with Crippen molar-refractivity contribution in [3.8, 4) is 5.75 Å². The third-order valence-corrected chi connectivity index (χ3v) is 2.93. The van der Waals surface area contributed by atoms with Crippen LogP contribution < -0.4 is 15.9 Å². The average Bonchev–Trinajstić information content (AvgIpc) is 2.53. The molecule has 0 bridgehead atoms. The van der Waals surface area contributed by atoms with Gasteiger partial charge in [-0.1, -0.05) is 12.1 Å². The van der Waals surface area contributed by atoms with E-state index in [9.17, 15) is 18.0 Å².